The summed E-state index contributed by atoms with van der Waals surface area (Å²) in [5.74, 6) is 1.12. The summed E-state index contributed by atoms with van der Waals surface area (Å²) in [4.78, 5) is 4.70. The fourth-order valence-corrected chi connectivity index (χ4v) is 2.84. The average Bonchev–Trinajstić information content (AvgIpc) is 2.91. The number of rotatable bonds is 2. The van der Waals surface area contributed by atoms with Crippen LogP contribution in [0.25, 0.3) is 11.0 Å². The fraction of sp³-hybridized carbons (Fsp3) is 0.500. The van der Waals surface area contributed by atoms with Crippen molar-refractivity contribution < 1.29 is 4.74 Å². The summed E-state index contributed by atoms with van der Waals surface area (Å²) in [7, 11) is 0. The summed E-state index contributed by atoms with van der Waals surface area (Å²) in [5, 5.41) is 0. The molecule has 4 nitrogen and oxygen atoms in total. The quantitative estimate of drug-likeness (QED) is 0.827. The van der Waals surface area contributed by atoms with Crippen LogP contribution in [-0.2, 0) is 11.2 Å². The Morgan fingerprint density at radius 3 is 3.00 bits per heavy atom. The highest BCUT2D eigenvalue weighted by atomic mass is 16.5. The van der Waals surface area contributed by atoms with Gasteiger partial charge in [0.25, 0.3) is 0 Å². The van der Waals surface area contributed by atoms with Crippen LogP contribution in [0, 0.1) is 0 Å². The Labute approximate surface area is 107 Å². The molecule has 2 aromatic rings. The van der Waals surface area contributed by atoms with E-state index in [1.54, 1.807) is 0 Å². The summed E-state index contributed by atoms with van der Waals surface area (Å²) in [6.07, 6.45) is 2.24. The van der Waals surface area contributed by atoms with Crippen molar-refractivity contribution >= 4 is 16.7 Å². The summed E-state index contributed by atoms with van der Waals surface area (Å²) in [5.41, 5.74) is 8.76. The van der Waals surface area contributed by atoms with Gasteiger partial charge in [-0.15, -0.1) is 0 Å². The smallest absolute Gasteiger partial charge is 0.109 e. The monoisotopic (exact) mass is 245 g/mol. The molecule has 0 bridgehead atoms. The van der Waals surface area contributed by atoms with Crippen molar-refractivity contribution in [2.45, 2.75) is 38.8 Å². The molecule has 4 heteroatoms. The van der Waals surface area contributed by atoms with Gasteiger partial charge in [-0.25, -0.2) is 4.98 Å². The van der Waals surface area contributed by atoms with Crippen molar-refractivity contribution in [2.75, 3.05) is 12.3 Å². The lowest BCUT2D eigenvalue weighted by Crippen LogP contribution is -2.18. The first-order chi connectivity index (χ1) is 8.70. The van der Waals surface area contributed by atoms with E-state index < -0.39 is 0 Å². The number of fused-ring (bicyclic) bond motifs is 1. The molecule has 0 amide bonds. The largest absolute Gasteiger partial charge is 0.399 e. The van der Waals surface area contributed by atoms with Gasteiger partial charge in [-0.1, -0.05) is 6.92 Å². The maximum absolute atomic E-state index is 5.83. The van der Waals surface area contributed by atoms with E-state index in [1.807, 2.05) is 12.1 Å². The minimum atomic E-state index is 0.255. The van der Waals surface area contributed by atoms with Gasteiger partial charge in [0.05, 0.1) is 23.2 Å². The molecule has 2 heterocycles. The molecule has 96 valence electrons. The maximum atomic E-state index is 5.83. The summed E-state index contributed by atoms with van der Waals surface area (Å²) in [6.45, 7) is 5.12. The first-order valence-corrected chi connectivity index (χ1v) is 6.58. The second-order valence-corrected chi connectivity index (χ2v) is 4.93. The van der Waals surface area contributed by atoms with Crippen LogP contribution in [0.1, 0.15) is 32.1 Å². The Balaban J connectivity index is 2.19. The average molecular weight is 245 g/mol. The first-order valence-electron chi connectivity index (χ1n) is 6.58. The van der Waals surface area contributed by atoms with Gasteiger partial charge < -0.3 is 15.0 Å². The number of aryl methyl sites for hydroxylation is 1. The zero-order valence-electron chi connectivity index (χ0n) is 10.9. The van der Waals surface area contributed by atoms with E-state index in [4.69, 9.17) is 15.5 Å². The van der Waals surface area contributed by atoms with Crippen molar-refractivity contribution in [3.05, 3.63) is 24.0 Å². The molecule has 0 saturated carbocycles. The first kappa shape index (κ1) is 11.5. The van der Waals surface area contributed by atoms with Crippen LogP contribution in [0.2, 0.25) is 0 Å². The molecule has 1 aliphatic heterocycles. The highest BCUT2D eigenvalue weighted by molar-refractivity contribution is 5.79. The number of nitrogens with zero attached hydrogens (tertiary/aromatic N) is 2. The highest BCUT2D eigenvalue weighted by Gasteiger charge is 2.28. The van der Waals surface area contributed by atoms with Crippen molar-refractivity contribution in [2.24, 2.45) is 0 Å². The van der Waals surface area contributed by atoms with Crippen molar-refractivity contribution in [3.8, 4) is 0 Å². The van der Waals surface area contributed by atoms with Crippen LogP contribution in [-0.4, -0.2) is 22.3 Å². The van der Waals surface area contributed by atoms with Crippen molar-refractivity contribution in [3.63, 3.8) is 0 Å². The van der Waals surface area contributed by atoms with E-state index in [0.717, 1.165) is 36.5 Å². The number of hydrogen-bond donors (Lipinski definition) is 1. The molecule has 0 spiro atoms. The molecule has 1 fully saturated rings. The van der Waals surface area contributed by atoms with Gasteiger partial charge in [-0.05, 0) is 31.5 Å². The van der Waals surface area contributed by atoms with Gasteiger partial charge in [-0.2, -0.15) is 0 Å². The van der Waals surface area contributed by atoms with Crippen LogP contribution in [0.15, 0.2) is 18.2 Å². The molecule has 1 saturated heterocycles. The standard InChI is InChI=1S/C14H19N3O/c1-3-14-16-11-8-10(15)4-5-13(11)17(14)12-6-7-18-9(12)2/h4-5,8-9,12H,3,6-7,15H2,1-2H3. The van der Waals surface area contributed by atoms with Crippen LogP contribution in [0.5, 0.6) is 0 Å². The second kappa shape index (κ2) is 4.28. The number of nitrogen functional groups attached to an aromatic ring is 1. The Hall–Kier alpha value is -1.55. The number of nitrogens with two attached hydrogens (primary N) is 1. The normalized spacial score (nSPS) is 23.9. The molecular weight excluding hydrogens is 226 g/mol. The van der Waals surface area contributed by atoms with E-state index in [-0.39, 0.29) is 6.10 Å². The molecule has 1 aliphatic rings. The lowest BCUT2D eigenvalue weighted by Gasteiger charge is -2.19. The van der Waals surface area contributed by atoms with Crippen molar-refractivity contribution in [1.82, 2.24) is 9.55 Å². The molecule has 1 aromatic carbocycles. The van der Waals surface area contributed by atoms with Gasteiger partial charge >= 0.3 is 0 Å². The van der Waals surface area contributed by atoms with Crippen LogP contribution in [0.3, 0.4) is 0 Å². The SMILES string of the molecule is CCc1nc2cc(N)ccc2n1C1CCOC1C. The minimum Gasteiger partial charge on any atom is -0.399 e. The third-order valence-corrected chi connectivity index (χ3v) is 3.77. The van der Waals surface area contributed by atoms with Gasteiger partial charge in [0.2, 0.25) is 0 Å². The predicted molar refractivity (Wildman–Crippen MR) is 72.6 cm³/mol. The van der Waals surface area contributed by atoms with Crippen LogP contribution >= 0.6 is 0 Å². The van der Waals surface area contributed by atoms with E-state index in [9.17, 15) is 0 Å². The van der Waals surface area contributed by atoms with E-state index in [0.29, 0.717) is 6.04 Å². The summed E-state index contributed by atoms with van der Waals surface area (Å²) < 4.78 is 8.03. The molecule has 18 heavy (non-hydrogen) atoms. The summed E-state index contributed by atoms with van der Waals surface area (Å²) in [6, 6.07) is 6.36. The molecule has 0 radical (unpaired) electrons. The number of imidazole rings is 1. The molecule has 2 unspecified atom stereocenters. The molecule has 2 N–H and O–H groups in total. The summed E-state index contributed by atoms with van der Waals surface area (Å²) >= 11 is 0. The van der Waals surface area contributed by atoms with E-state index in [2.05, 4.69) is 24.5 Å². The number of benzene rings is 1. The molecule has 0 aliphatic carbocycles. The van der Waals surface area contributed by atoms with Gasteiger partial charge in [-0.3, -0.25) is 0 Å². The topological polar surface area (TPSA) is 53.1 Å². The van der Waals surface area contributed by atoms with Crippen LogP contribution in [0.4, 0.5) is 5.69 Å². The number of hydrogen-bond acceptors (Lipinski definition) is 3. The third-order valence-electron chi connectivity index (χ3n) is 3.77. The molecular formula is C14H19N3O. The fourth-order valence-electron chi connectivity index (χ4n) is 2.84. The Kier molecular flexibility index (Phi) is 2.74. The van der Waals surface area contributed by atoms with Gasteiger partial charge in [0, 0.05) is 18.7 Å². The minimum absolute atomic E-state index is 0.255. The van der Waals surface area contributed by atoms with Gasteiger partial charge in [0.1, 0.15) is 5.82 Å². The lowest BCUT2D eigenvalue weighted by molar-refractivity contribution is 0.108. The Morgan fingerprint density at radius 1 is 1.50 bits per heavy atom. The number of ether oxygens (including phenoxy) is 1. The van der Waals surface area contributed by atoms with Gasteiger partial charge in [0.15, 0.2) is 0 Å². The van der Waals surface area contributed by atoms with Crippen molar-refractivity contribution in [1.29, 1.82) is 0 Å². The molecule has 2 atom stereocenters. The van der Waals surface area contributed by atoms with Crippen LogP contribution < -0.4 is 5.73 Å². The zero-order chi connectivity index (χ0) is 12.7. The zero-order valence-corrected chi connectivity index (χ0v) is 10.9. The number of aromatic nitrogens is 2. The highest BCUT2D eigenvalue weighted by Crippen LogP contribution is 2.31. The Morgan fingerprint density at radius 2 is 2.33 bits per heavy atom. The van der Waals surface area contributed by atoms with E-state index >= 15 is 0 Å². The third kappa shape index (κ3) is 1.68. The van der Waals surface area contributed by atoms with E-state index in [1.165, 1.54) is 5.52 Å². The lowest BCUT2D eigenvalue weighted by atomic mass is 10.1. The maximum Gasteiger partial charge on any atom is 0.109 e. The Bertz CT molecular complexity index is 576. The number of anilines is 1. The second-order valence-electron chi connectivity index (χ2n) is 4.93. The molecule has 1 aromatic heterocycles. The molecule has 3 rings (SSSR count). The predicted octanol–water partition coefficient (Wildman–Crippen LogP) is 2.53.